The second-order valence-electron chi connectivity index (χ2n) is 2.61. The molecule has 0 atom stereocenters. The highest BCUT2D eigenvalue weighted by Gasteiger charge is 2.07. The number of thiazole rings is 1. The van der Waals surface area contributed by atoms with E-state index < -0.39 is 0 Å². The molecule has 1 aromatic carbocycles. The van der Waals surface area contributed by atoms with E-state index in [0.717, 1.165) is 21.5 Å². The first-order valence-electron chi connectivity index (χ1n) is 3.67. The van der Waals surface area contributed by atoms with Crippen LogP contribution >= 0.6 is 22.9 Å². The first kappa shape index (κ1) is 8.78. The molecule has 13 heavy (non-hydrogen) atoms. The maximum Gasteiger partial charge on any atom is 0.184 e. The summed E-state index contributed by atoms with van der Waals surface area (Å²) in [6.07, 6.45) is 0. The average molecular weight is 213 g/mol. The quantitative estimate of drug-likeness (QED) is 0.725. The Balaban J connectivity index is 2.80. The molecule has 1 radical (unpaired) electrons. The van der Waals surface area contributed by atoms with Gasteiger partial charge in [-0.05, 0) is 24.6 Å². The van der Waals surface area contributed by atoms with Crippen LogP contribution < -0.4 is 4.74 Å². The zero-order valence-corrected chi connectivity index (χ0v) is 8.58. The standard InChI is InChI=1S/C9H7ClNOS/c1-5-3-6(12-2)8-7(4-5)13-9(10)11-8/h3-4H,1H2,2H3. The van der Waals surface area contributed by atoms with E-state index in [2.05, 4.69) is 11.9 Å². The van der Waals surface area contributed by atoms with Crippen molar-refractivity contribution >= 4 is 33.2 Å². The molecular formula is C9H7ClNOS. The van der Waals surface area contributed by atoms with Gasteiger partial charge in [-0.25, -0.2) is 4.98 Å². The molecule has 1 heterocycles. The van der Waals surface area contributed by atoms with E-state index in [-0.39, 0.29) is 0 Å². The number of rotatable bonds is 1. The minimum atomic E-state index is 0.527. The van der Waals surface area contributed by atoms with Crippen molar-refractivity contribution in [3.8, 4) is 5.75 Å². The van der Waals surface area contributed by atoms with E-state index in [1.54, 1.807) is 7.11 Å². The molecule has 0 aliphatic carbocycles. The molecule has 0 unspecified atom stereocenters. The first-order chi connectivity index (χ1) is 6.20. The number of aromatic nitrogens is 1. The Morgan fingerprint density at radius 1 is 1.54 bits per heavy atom. The van der Waals surface area contributed by atoms with Crippen LogP contribution in [0.5, 0.6) is 5.75 Å². The molecule has 2 nitrogen and oxygen atoms in total. The van der Waals surface area contributed by atoms with Gasteiger partial charge in [-0.15, -0.1) is 11.3 Å². The van der Waals surface area contributed by atoms with Gasteiger partial charge in [0.05, 0.1) is 11.8 Å². The summed E-state index contributed by atoms with van der Waals surface area (Å²) in [4.78, 5) is 4.16. The Kier molecular flexibility index (Phi) is 2.14. The second-order valence-corrected chi connectivity index (χ2v) is 4.22. The zero-order chi connectivity index (χ0) is 9.42. The summed E-state index contributed by atoms with van der Waals surface area (Å²) in [5.74, 6) is 0.727. The van der Waals surface area contributed by atoms with Gasteiger partial charge in [0.1, 0.15) is 11.3 Å². The van der Waals surface area contributed by atoms with Gasteiger partial charge in [-0.3, -0.25) is 0 Å². The molecular weight excluding hydrogens is 206 g/mol. The molecule has 0 spiro atoms. The van der Waals surface area contributed by atoms with Gasteiger partial charge in [-0.2, -0.15) is 0 Å². The molecule has 0 aliphatic heterocycles. The van der Waals surface area contributed by atoms with Crippen LogP contribution in [0.1, 0.15) is 5.56 Å². The molecule has 0 amide bonds. The largest absolute Gasteiger partial charge is 0.494 e. The number of methoxy groups -OCH3 is 1. The predicted octanol–water partition coefficient (Wildman–Crippen LogP) is 3.14. The van der Waals surface area contributed by atoms with Crippen molar-refractivity contribution in [1.82, 2.24) is 4.98 Å². The zero-order valence-electron chi connectivity index (χ0n) is 7.00. The molecule has 67 valence electrons. The van der Waals surface area contributed by atoms with Crippen LogP contribution in [0.3, 0.4) is 0 Å². The summed E-state index contributed by atoms with van der Waals surface area (Å²) in [5.41, 5.74) is 1.72. The summed E-state index contributed by atoms with van der Waals surface area (Å²) in [6, 6.07) is 3.79. The summed E-state index contributed by atoms with van der Waals surface area (Å²) < 4.78 is 6.70. The smallest absolute Gasteiger partial charge is 0.184 e. The normalized spacial score (nSPS) is 10.7. The van der Waals surface area contributed by atoms with Crippen molar-refractivity contribution in [3.05, 3.63) is 29.1 Å². The molecule has 2 rings (SSSR count). The van der Waals surface area contributed by atoms with Crippen molar-refractivity contribution in [2.75, 3.05) is 7.11 Å². The van der Waals surface area contributed by atoms with E-state index in [0.29, 0.717) is 4.47 Å². The van der Waals surface area contributed by atoms with E-state index in [9.17, 15) is 0 Å². The Morgan fingerprint density at radius 3 is 3.00 bits per heavy atom. The Labute approximate surface area is 85.1 Å². The lowest BCUT2D eigenvalue weighted by Crippen LogP contribution is -1.85. The number of benzene rings is 1. The van der Waals surface area contributed by atoms with Crippen LogP contribution in [0.2, 0.25) is 4.47 Å². The fourth-order valence-corrected chi connectivity index (χ4v) is 2.29. The SMILES string of the molecule is [CH2]c1cc(OC)c2nc(Cl)sc2c1. The summed E-state index contributed by atoms with van der Waals surface area (Å²) in [6.45, 7) is 3.84. The lowest BCUT2D eigenvalue weighted by Gasteiger charge is -2.01. The van der Waals surface area contributed by atoms with Gasteiger partial charge in [0.15, 0.2) is 4.47 Å². The van der Waals surface area contributed by atoms with Crippen LogP contribution in [0, 0.1) is 6.92 Å². The lowest BCUT2D eigenvalue weighted by atomic mass is 10.2. The third-order valence-corrected chi connectivity index (χ3v) is 2.82. The number of nitrogens with zero attached hydrogens (tertiary/aromatic N) is 1. The predicted molar refractivity (Wildman–Crippen MR) is 55.6 cm³/mol. The van der Waals surface area contributed by atoms with E-state index in [1.807, 2.05) is 12.1 Å². The molecule has 2 aromatic rings. The summed E-state index contributed by atoms with van der Waals surface area (Å²) in [7, 11) is 1.61. The van der Waals surface area contributed by atoms with Gasteiger partial charge in [-0.1, -0.05) is 11.6 Å². The highest BCUT2D eigenvalue weighted by Crippen LogP contribution is 2.32. The number of halogens is 1. The molecule has 0 fully saturated rings. The molecule has 1 aromatic heterocycles. The van der Waals surface area contributed by atoms with Crippen LogP contribution in [-0.2, 0) is 0 Å². The molecule has 0 saturated carbocycles. The van der Waals surface area contributed by atoms with Crippen LogP contribution in [0.4, 0.5) is 0 Å². The van der Waals surface area contributed by atoms with Gasteiger partial charge < -0.3 is 4.74 Å². The van der Waals surface area contributed by atoms with Gasteiger partial charge >= 0.3 is 0 Å². The van der Waals surface area contributed by atoms with Crippen molar-refractivity contribution in [3.63, 3.8) is 0 Å². The van der Waals surface area contributed by atoms with E-state index in [4.69, 9.17) is 16.3 Å². The van der Waals surface area contributed by atoms with Crippen molar-refractivity contribution < 1.29 is 4.74 Å². The fraction of sp³-hybridized carbons (Fsp3) is 0.111. The third kappa shape index (κ3) is 1.49. The maximum atomic E-state index is 5.80. The minimum absolute atomic E-state index is 0.527. The number of hydrogen-bond donors (Lipinski definition) is 0. The molecule has 0 bridgehead atoms. The molecule has 0 saturated heterocycles. The first-order valence-corrected chi connectivity index (χ1v) is 4.86. The Morgan fingerprint density at radius 2 is 2.31 bits per heavy atom. The van der Waals surface area contributed by atoms with Crippen molar-refractivity contribution in [2.45, 2.75) is 0 Å². The number of fused-ring (bicyclic) bond motifs is 1. The maximum absolute atomic E-state index is 5.80. The minimum Gasteiger partial charge on any atom is -0.494 e. The third-order valence-electron chi connectivity index (χ3n) is 1.71. The molecule has 0 aliphatic rings. The van der Waals surface area contributed by atoms with Crippen LogP contribution in [-0.4, -0.2) is 12.1 Å². The second kappa shape index (κ2) is 3.16. The van der Waals surface area contributed by atoms with Crippen LogP contribution in [0.25, 0.3) is 10.2 Å². The molecule has 0 N–H and O–H groups in total. The Bertz CT molecular complexity index is 452. The lowest BCUT2D eigenvalue weighted by molar-refractivity contribution is 0.419. The average Bonchev–Trinajstić information content (AvgIpc) is 2.43. The van der Waals surface area contributed by atoms with E-state index in [1.165, 1.54) is 11.3 Å². The van der Waals surface area contributed by atoms with Gasteiger partial charge in [0.25, 0.3) is 0 Å². The summed E-state index contributed by atoms with van der Waals surface area (Å²) >= 11 is 7.23. The van der Waals surface area contributed by atoms with E-state index >= 15 is 0 Å². The highest BCUT2D eigenvalue weighted by atomic mass is 35.5. The number of ether oxygens (including phenoxy) is 1. The highest BCUT2D eigenvalue weighted by molar-refractivity contribution is 7.22. The topological polar surface area (TPSA) is 22.1 Å². The fourth-order valence-electron chi connectivity index (χ4n) is 1.18. The van der Waals surface area contributed by atoms with Crippen molar-refractivity contribution in [2.24, 2.45) is 0 Å². The molecule has 4 heteroatoms. The van der Waals surface area contributed by atoms with Gasteiger partial charge in [0, 0.05) is 0 Å². The van der Waals surface area contributed by atoms with Crippen molar-refractivity contribution in [1.29, 1.82) is 0 Å². The van der Waals surface area contributed by atoms with Gasteiger partial charge in [0.2, 0.25) is 0 Å². The summed E-state index contributed by atoms with van der Waals surface area (Å²) in [5, 5.41) is 0. The Hall–Kier alpha value is -0.800. The van der Waals surface area contributed by atoms with Crippen LogP contribution in [0.15, 0.2) is 12.1 Å². The number of hydrogen-bond acceptors (Lipinski definition) is 3. The monoisotopic (exact) mass is 212 g/mol.